The SMILES string of the molecule is CC(=NNC(=O)CCCCCCC(=O)NN=C(C)c1ccc2c(c1)OCO2)c1ccc2c(c1)OCO2. The van der Waals surface area contributed by atoms with E-state index in [1.54, 1.807) is 0 Å². The Kier molecular flexibility index (Phi) is 8.38. The minimum atomic E-state index is -0.138. The Bertz CT molecular complexity index is 1090. The predicted molar refractivity (Wildman–Crippen MR) is 134 cm³/mol. The maximum atomic E-state index is 12.1. The Balaban J connectivity index is 1.08. The summed E-state index contributed by atoms with van der Waals surface area (Å²) in [5.74, 6) is 2.49. The molecule has 0 saturated heterocycles. The van der Waals surface area contributed by atoms with Crippen LogP contribution in [0.2, 0.25) is 0 Å². The zero-order chi connectivity index (χ0) is 25.3. The fourth-order valence-electron chi connectivity index (χ4n) is 3.70. The third-order valence-electron chi connectivity index (χ3n) is 5.83. The number of nitrogens with one attached hydrogen (secondary N) is 2. The van der Waals surface area contributed by atoms with Crippen LogP contribution in [0.15, 0.2) is 46.6 Å². The van der Waals surface area contributed by atoms with Crippen molar-refractivity contribution in [3.05, 3.63) is 47.5 Å². The summed E-state index contributed by atoms with van der Waals surface area (Å²) in [5.41, 5.74) is 8.27. The van der Waals surface area contributed by atoms with E-state index in [1.165, 1.54) is 0 Å². The highest BCUT2D eigenvalue weighted by Gasteiger charge is 2.15. The average molecular weight is 495 g/mol. The van der Waals surface area contributed by atoms with Crippen LogP contribution in [-0.4, -0.2) is 36.8 Å². The van der Waals surface area contributed by atoms with Crippen LogP contribution in [0.25, 0.3) is 0 Å². The zero-order valence-electron chi connectivity index (χ0n) is 20.5. The summed E-state index contributed by atoms with van der Waals surface area (Å²) in [6, 6.07) is 11.1. The molecule has 2 amide bonds. The molecule has 0 fully saturated rings. The largest absolute Gasteiger partial charge is 0.454 e. The molecule has 0 bridgehead atoms. The van der Waals surface area contributed by atoms with Gasteiger partial charge >= 0.3 is 0 Å². The Hall–Kier alpha value is -4.08. The number of unbranched alkanes of at least 4 members (excludes halogenated alkanes) is 3. The second-order valence-corrected chi connectivity index (χ2v) is 8.51. The second-order valence-electron chi connectivity index (χ2n) is 8.51. The van der Waals surface area contributed by atoms with Crippen LogP contribution < -0.4 is 29.8 Å². The average Bonchev–Trinajstić information content (AvgIpc) is 3.56. The number of benzene rings is 2. The van der Waals surface area contributed by atoms with Gasteiger partial charge in [-0.15, -0.1) is 0 Å². The third-order valence-corrected chi connectivity index (χ3v) is 5.83. The van der Waals surface area contributed by atoms with Gasteiger partial charge in [0.2, 0.25) is 25.4 Å². The van der Waals surface area contributed by atoms with Gasteiger partial charge in [-0.3, -0.25) is 9.59 Å². The van der Waals surface area contributed by atoms with Gasteiger partial charge in [0.25, 0.3) is 0 Å². The summed E-state index contributed by atoms with van der Waals surface area (Å²) >= 11 is 0. The first kappa shape index (κ1) is 25.0. The lowest BCUT2D eigenvalue weighted by molar-refractivity contribution is -0.122. The van der Waals surface area contributed by atoms with Crippen LogP contribution in [0, 0.1) is 0 Å². The van der Waals surface area contributed by atoms with Gasteiger partial charge in [-0.25, -0.2) is 10.9 Å². The molecule has 190 valence electrons. The van der Waals surface area contributed by atoms with Crippen molar-refractivity contribution in [1.29, 1.82) is 0 Å². The molecule has 2 aromatic carbocycles. The standard InChI is InChI=1S/C26H30N4O6/c1-17(19-9-11-21-23(13-19)35-15-33-21)27-29-25(31)7-5-3-4-6-8-26(32)30-28-18(2)20-10-12-22-24(14-20)36-16-34-22/h9-14H,3-8,15-16H2,1-2H3,(H,29,31)(H,30,32). The molecular weight excluding hydrogens is 464 g/mol. The molecule has 0 aliphatic carbocycles. The smallest absolute Gasteiger partial charge is 0.240 e. The number of hydrogen-bond acceptors (Lipinski definition) is 8. The first-order valence-corrected chi connectivity index (χ1v) is 12.0. The lowest BCUT2D eigenvalue weighted by Gasteiger charge is -2.05. The van der Waals surface area contributed by atoms with Crippen molar-refractivity contribution >= 4 is 23.2 Å². The van der Waals surface area contributed by atoms with Gasteiger partial charge in [-0.2, -0.15) is 10.2 Å². The zero-order valence-corrected chi connectivity index (χ0v) is 20.5. The van der Waals surface area contributed by atoms with E-state index >= 15 is 0 Å². The van der Waals surface area contributed by atoms with E-state index in [2.05, 4.69) is 21.1 Å². The molecular formula is C26H30N4O6. The quantitative estimate of drug-likeness (QED) is 0.278. The lowest BCUT2D eigenvalue weighted by atomic mass is 10.1. The summed E-state index contributed by atoms with van der Waals surface area (Å²) in [4.78, 5) is 24.2. The first-order chi connectivity index (χ1) is 17.5. The molecule has 10 heteroatoms. The molecule has 2 heterocycles. The molecule has 36 heavy (non-hydrogen) atoms. The van der Waals surface area contributed by atoms with Gasteiger partial charge < -0.3 is 18.9 Å². The van der Waals surface area contributed by atoms with E-state index in [4.69, 9.17) is 18.9 Å². The Morgan fingerprint density at radius 1 is 0.667 bits per heavy atom. The fraction of sp³-hybridized carbons (Fsp3) is 0.385. The van der Waals surface area contributed by atoms with Crippen molar-refractivity contribution in [1.82, 2.24) is 10.9 Å². The second kappa shape index (κ2) is 12.1. The molecule has 4 rings (SSSR count). The van der Waals surface area contributed by atoms with Gasteiger partial charge in [0.05, 0.1) is 11.4 Å². The highest BCUT2D eigenvalue weighted by atomic mass is 16.7. The maximum Gasteiger partial charge on any atom is 0.240 e. The topological polar surface area (TPSA) is 120 Å². The van der Waals surface area contributed by atoms with E-state index < -0.39 is 0 Å². The molecule has 2 aliphatic heterocycles. The van der Waals surface area contributed by atoms with Crippen molar-refractivity contribution < 1.29 is 28.5 Å². The number of nitrogens with zero attached hydrogens (tertiary/aromatic N) is 2. The molecule has 10 nitrogen and oxygen atoms in total. The van der Waals surface area contributed by atoms with E-state index in [1.807, 2.05) is 50.2 Å². The van der Waals surface area contributed by atoms with Crippen LogP contribution in [0.1, 0.15) is 63.5 Å². The van der Waals surface area contributed by atoms with Crippen molar-refractivity contribution in [2.24, 2.45) is 10.2 Å². The predicted octanol–water partition coefficient (Wildman–Crippen LogP) is 3.87. The third kappa shape index (κ3) is 6.74. The normalized spacial score (nSPS) is 14.1. The maximum absolute atomic E-state index is 12.1. The number of hydrazone groups is 2. The molecule has 0 aromatic heterocycles. The van der Waals surface area contributed by atoms with Gasteiger partial charge in [0, 0.05) is 24.0 Å². The van der Waals surface area contributed by atoms with E-state index in [-0.39, 0.29) is 25.4 Å². The monoisotopic (exact) mass is 494 g/mol. The first-order valence-electron chi connectivity index (χ1n) is 12.0. The molecule has 2 N–H and O–H groups in total. The van der Waals surface area contributed by atoms with Crippen LogP contribution in [-0.2, 0) is 9.59 Å². The van der Waals surface area contributed by atoms with Gasteiger partial charge in [-0.05, 0) is 63.1 Å². The highest BCUT2D eigenvalue weighted by molar-refractivity contribution is 6.00. The van der Waals surface area contributed by atoms with Crippen molar-refractivity contribution in [2.45, 2.75) is 52.4 Å². The molecule has 0 saturated carbocycles. The Morgan fingerprint density at radius 3 is 1.53 bits per heavy atom. The highest BCUT2D eigenvalue weighted by Crippen LogP contribution is 2.33. The van der Waals surface area contributed by atoms with Crippen LogP contribution in [0.3, 0.4) is 0 Å². The lowest BCUT2D eigenvalue weighted by Crippen LogP contribution is -2.19. The van der Waals surface area contributed by atoms with Crippen molar-refractivity contribution in [3.63, 3.8) is 0 Å². The summed E-state index contributed by atoms with van der Waals surface area (Å²) in [5, 5.41) is 8.35. The van der Waals surface area contributed by atoms with Crippen molar-refractivity contribution in [3.8, 4) is 23.0 Å². The van der Waals surface area contributed by atoms with Gasteiger partial charge in [0.1, 0.15) is 0 Å². The molecule has 2 aliphatic rings. The fourth-order valence-corrected chi connectivity index (χ4v) is 3.70. The van der Waals surface area contributed by atoms with Crippen LogP contribution in [0.4, 0.5) is 0 Å². The Labute approximate surface area is 209 Å². The minimum absolute atomic E-state index is 0.138. The van der Waals surface area contributed by atoms with Gasteiger partial charge in [-0.1, -0.05) is 12.8 Å². The van der Waals surface area contributed by atoms with Crippen molar-refractivity contribution in [2.75, 3.05) is 13.6 Å². The number of carbonyl (C=O) groups is 2. The molecule has 0 atom stereocenters. The summed E-state index contributed by atoms with van der Waals surface area (Å²) in [7, 11) is 0. The van der Waals surface area contributed by atoms with Crippen LogP contribution >= 0.6 is 0 Å². The van der Waals surface area contributed by atoms with E-state index in [0.29, 0.717) is 47.3 Å². The summed E-state index contributed by atoms with van der Waals surface area (Å²) < 4.78 is 21.3. The number of amides is 2. The minimum Gasteiger partial charge on any atom is -0.454 e. The van der Waals surface area contributed by atoms with E-state index in [0.717, 1.165) is 36.8 Å². The molecule has 0 spiro atoms. The number of hydrogen-bond donors (Lipinski definition) is 2. The van der Waals surface area contributed by atoms with Crippen LogP contribution in [0.5, 0.6) is 23.0 Å². The van der Waals surface area contributed by atoms with Gasteiger partial charge in [0.15, 0.2) is 23.0 Å². The number of ether oxygens (including phenoxy) is 4. The number of carbonyl (C=O) groups excluding carboxylic acids is 2. The molecule has 0 radical (unpaired) electrons. The summed E-state index contributed by atoms with van der Waals surface area (Å²) in [6.45, 7) is 4.07. The Morgan fingerprint density at radius 2 is 1.08 bits per heavy atom. The molecule has 0 unspecified atom stereocenters. The molecule has 2 aromatic rings. The number of rotatable bonds is 11. The number of fused-ring (bicyclic) bond motifs is 2. The summed E-state index contributed by atoms with van der Waals surface area (Å²) in [6.07, 6.45) is 3.92. The van der Waals surface area contributed by atoms with E-state index in [9.17, 15) is 9.59 Å².